The van der Waals surface area contributed by atoms with E-state index >= 15 is 0 Å². The molecule has 31 heavy (non-hydrogen) atoms. The van der Waals surface area contributed by atoms with E-state index in [0.29, 0.717) is 43.3 Å². The van der Waals surface area contributed by atoms with Gasteiger partial charge in [0.25, 0.3) is 5.91 Å². The molecule has 2 heterocycles. The van der Waals surface area contributed by atoms with E-state index in [4.69, 9.17) is 0 Å². The molecule has 1 aromatic carbocycles. The van der Waals surface area contributed by atoms with Crippen LogP contribution >= 0.6 is 0 Å². The number of nitrogens with one attached hydrogen (secondary N) is 2. The summed E-state index contributed by atoms with van der Waals surface area (Å²) in [6, 6.07) is 13.6. The van der Waals surface area contributed by atoms with E-state index < -0.39 is 0 Å². The molecule has 2 aromatic heterocycles. The molecule has 0 bridgehead atoms. The maximum absolute atomic E-state index is 13.4. The summed E-state index contributed by atoms with van der Waals surface area (Å²) in [5.74, 6) is 0.521. The lowest BCUT2D eigenvalue weighted by atomic mass is 10.1. The molecule has 7 nitrogen and oxygen atoms in total. The zero-order valence-corrected chi connectivity index (χ0v) is 17.4. The number of carbonyl (C=O) groups excluding carboxylic acids is 1. The van der Waals surface area contributed by atoms with E-state index in [2.05, 4.69) is 20.6 Å². The van der Waals surface area contributed by atoms with Crippen LogP contribution in [0.5, 0.6) is 0 Å². The average Bonchev–Trinajstić information content (AvgIpc) is 2.78. The molecule has 3 aromatic rings. The topological polar surface area (TPSA) is 90.4 Å². The van der Waals surface area contributed by atoms with Crippen molar-refractivity contribution in [2.75, 3.05) is 37.0 Å². The van der Waals surface area contributed by atoms with Crippen molar-refractivity contribution in [3.63, 3.8) is 0 Å². The van der Waals surface area contributed by atoms with E-state index in [1.54, 1.807) is 35.5 Å². The highest BCUT2D eigenvalue weighted by molar-refractivity contribution is 5.99. The van der Waals surface area contributed by atoms with Crippen molar-refractivity contribution in [2.45, 2.75) is 13.0 Å². The Hall–Kier alpha value is -3.52. The molecule has 3 rings (SSSR count). The van der Waals surface area contributed by atoms with Gasteiger partial charge in [0.2, 0.25) is 0 Å². The number of aliphatic hydroxyl groups excluding tert-OH is 1. The van der Waals surface area contributed by atoms with Crippen molar-refractivity contribution < 1.29 is 14.3 Å². The zero-order valence-electron chi connectivity index (χ0n) is 17.4. The first-order valence-electron chi connectivity index (χ1n) is 10.1. The number of aliphatic hydroxyl groups is 1. The minimum absolute atomic E-state index is 0.00609. The van der Waals surface area contributed by atoms with Crippen molar-refractivity contribution in [2.24, 2.45) is 0 Å². The summed E-state index contributed by atoms with van der Waals surface area (Å²) in [6.07, 6.45) is 3.95. The molecule has 0 unspecified atom stereocenters. The molecule has 0 spiro atoms. The van der Waals surface area contributed by atoms with Crippen molar-refractivity contribution in [3.05, 3.63) is 83.4 Å². The number of aromatic nitrogens is 2. The SMILES string of the molecule is CN(CCO)c1ccc(C(=O)NCc2cccnc2)c(NCCc2cccc(F)c2)n1. The molecule has 0 aliphatic carbocycles. The lowest BCUT2D eigenvalue weighted by Gasteiger charge is -2.19. The van der Waals surface area contributed by atoms with Crippen LogP contribution in [0.1, 0.15) is 21.5 Å². The smallest absolute Gasteiger partial charge is 0.255 e. The largest absolute Gasteiger partial charge is 0.395 e. The predicted molar refractivity (Wildman–Crippen MR) is 119 cm³/mol. The number of likely N-dealkylation sites (N-methyl/N-ethyl adjacent to an activating group) is 1. The number of rotatable bonds is 10. The third-order valence-corrected chi connectivity index (χ3v) is 4.72. The van der Waals surface area contributed by atoms with Crippen molar-refractivity contribution in [1.29, 1.82) is 0 Å². The fourth-order valence-corrected chi connectivity index (χ4v) is 3.04. The highest BCUT2D eigenvalue weighted by atomic mass is 19.1. The number of halogens is 1. The number of carbonyl (C=O) groups is 1. The summed E-state index contributed by atoms with van der Waals surface area (Å²) in [4.78, 5) is 23.2. The summed E-state index contributed by atoms with van der Waals surface area (Å²) in [5, 5.41) is 15.3. The van der Waals surface area contributed by atoms with Crippen molar-refractivity contribution in [1.82, 2.24) is 15.3 Å². The van der Waals surface area contributed by atoms with E-state index in [1.165, 1.54) is 12.1 Å². The Morgan fingerprint density at radius 2 is 2.00 bits per heavy atom. The average molecular weight is 423 g/mol. The van der Waals surface area contributed by atoms with Crippen LogP contribution in [0, 0.1) is 5.82 Å². The Labute approximate surface area is 181 Å². The minimum atomic E-state index is -0.279. The monoisotopic (exact) mass is 423 g/mol. The van der Waals surface area contributed by atoms with Crippen LogP contribution in [0.25, 0.3) is 0 Å². The standard InChI is InChI=1S/C23H26FN5O2/c1-29(12-13-30)21-8-7-20(23(31)27-16-18-5-3-10-25-15-18)22(28-21)26-11-9-17-4-2-6-19(24)14-17/h2-8,10,14-15,30H,9,11-13,16H2,1H3,(H,26,28)(H,27,31). The molecule has 0 saturated heterocycles. The fourth-order valence-electron chi connectivity index (χ4n) is 3.04. The number of hydrogen-bond donors (Lipinski definition) is 3. The summed E-state index contributed by atoms with van der Waals surface area (Å²) in [7, 11) is 1.82. The lowest BCUT2D eigenvalue weighted by molar-refractivity contribution is 0.0951. The second-order valence-corrected chi connectivity index (χ2v) is 7.06. The second-order valence-electron chi connectivity index (χ2n) is 7.06. The zero-order chi connectivity index (χ0) is 22.1. The molecule has 0 fully saturated rings. The Balaban J connectivity index is 1.73. The Bertz CT molecular complexity index is 1000. The van der Waals surface area contributed by atoms with E-state index in [1.807, 2.05) is 25.2 Å². The number of nitrogens with zero attached hydrogens (tertiary/aromatic N) is 3. The van der Waals surface area contributed by atoms with Crippen LogP contribution in [-0.4, -0.2) is 47.7 Å². The highest BCUT2D eigenvalue weighted by Gasteiger charge is 2.15. The highest BCUT2D eigenvalue weighted by Crippen LogP contribution is 2.19. The molecule has 8 heteroatoms. The van der Waals surface area contributed by atoms with E-state index in [9.17, 15) is 14.3 Å². The number of benzene rings is 1. The van der Waals surface area contributed by atoms with Crippen LogP contribution in [0.2, 0.25) is 0 Å². The fraction of sp³-hybridized carbons (Fsp3) is 0.261. The van der Waals surface area contributed by atoms with Gasteiger partial charge >= 0.3 is 0 Å². The molecule has 162 valence electrons. The maximum Gasteiger partial charge on any atom is 0.255 e. The molecule has 0 aliphatic heterocycles. The predicted octanol–water partition coefficient (Wildman–Crippen LogP) is 2.63. The number of amides is 1. The molecule has 1 amide bonds. The second kappa shape index (κ2) is 11.0. The maximum atomic E-state index is 13.4. The quantitative estimate of drug-likeness (QED) is 0.465. The van der Waals surface area contributed by atoms with Gasteiger partial charge in [0.05, 0.1) is 12.2 Å². The van der Waals surface area contributed by atoms with Gasteiger partial charge in [0.15, 0.2) is 0 Å². The van der Waals surface area contributed by atoms with E-state index in [0.717, 1.165) is 11.1 Å². The van der Waals surface area contributed by atoms with Crippen LogP contribution in [0.4, 0.5) is 16.0 Å². The van der Waals surface area contributed by atoms with Gasteiger partial charge in [-0.15, -0.1) is 0 Å². The first kappa shape index (κ1) is 22.2. The molecule has 0 atom stereocenters. The summed E-state index contributed by atoms with van der Waals surface area (Å²) < 4.78 is 13.4. The van der Waals surface area contributed by atoms with E-state index in [-0.39, 0.29) is 18.3 Å². The molecule has 0 saturated carbocycles. The van der Waals surface area contributed by atoms with Gasteiger partial charge in [0, 0.05) is 39.1 Å². The van der Waals surface area contributed by atoms with Gasteiger partial charge in [-0.05, 0) is 47.9 Å². The first-order valence-corrected chi connectivity index (χ1v) is 10.1. The van der Waals surface area contributed by atoms with Gasteiger partial charge in [-0.3, -0.25) is 9.78 Å². The molecular formula is C23H26FN5O2. The third-order valence-electron chi connectivity index (χ3n) is 4.72. The minimum Gasteiger partial charge on any atom is -0.395 e. The summed E-state index contributed by atoms with van der Waals surface area (Å²) in [6.45, 7) is 1.24. The van der Waals surface area contributed by atoms with Gasteiger partial charge < -0.3 is 20.6 Å². The van der Waals surface area contributed by atoms with Crippen LogP contribution in [0.15, 0.2) is 60.9 Å². The molecule has 3 N–H and O–H groups in total. The first-order chi connectivity index (χ1) is 15.1. The van der Waals surface area contributed by atoms with Gasteiger partial charge in [-0.1, -0.05) is 18.2 Å². The number of anilines is 2. The van der Waals surface area contributed by atoms with Gasteiger partial charge in [-0.2, -0.15) is 0 Å². The Morgan fingerprint density at radius 3 is 2.74 bits per heavy atom. The van der Waals surface area contributed by atoms with Crippen LogP contribution in [0.3, 0.4) is 0 Å². The number of pyridine rings is 2. The molecular weight excluding hydrogens is 397 g/mol. The van der Waals surface area contributed by atoms with Gasteiger partial charge in [-0.25, -0.2) is 9.37 Å². The summed E-state index contributed by atoms with van der Waals surface area (Å²) in [5.41, 5.74) is 2.15. The molecule has 0 aliphatic rings. The molecule has 0 radical (unpaired) electrons. The number of hydrogen-bond acceptors (Lipinski definition) is 6. The lowest BCUT2D eigenvalue weighted by Crippen LogP contribution is -2.26. The Morgan fingerprint density at radius 1 is 1.16 bits per heavy atom. The summed E-state index contributed by atoms with van der Waals surface area (Å²) >= 11 is 0. The third kappa shape index (κ3) is 6.48. The van der Waals surface area contributed by atoms with Crippen molar-refractivity contribution in [3.8, 4) is 0 Å². The Kier molecular flexibility index (Phi) is 7.89. The van der Waals surface area contributed by atoms with Gasteiger partial charge in [0.1, 0.15) is 17.5 Å². The van der Waals surface area contributed by atoms with Crippen LogP contribution in [-0.2, 0) is 13.0 Å². The normalized spacial score (nSPS) is 10.5. The van der Waals surface area contributed by atoms with Crippen molar-refractivity contribution >= 4 is 17.5 Å². The van der Waals surface area contributed by atoms with Crippen LogP contribution < -0.4 is 15.5 Å².